The zero-order valence-corrected chi connectivity index (χ0v) is 11.5. The van der Waals surface area contributed by atoms with E-state index in [1.807, 2.05) is 0 Å². The Bertz CT molecular complexity index is 193. The zero-order chi connectivity index (χ0) is 11.1. The number of hydrogen-bond donors (Lipinski definition) is 1. The molecule has 1 amide bonds. The molecule has 4 nitrogen and oxygen atoms in total. The molecule has 15 heavy (non-hydrogen) atoms. The van der Waals surface area contributed by atoms with Crippen molar-refractivity contribution in [2.45, 2.75) is 6.42 Å². The van der Waals surface area contributed by atoms with Crippen LogP contribution in [-0.2, 0) is 4.79 Å². The minimum absolute atomic E-state index is 0.147. The van der Waals surface area contributed by atoms with Gasteiger partial charge in [0.15, 0.2) is 0 Å². The molecule has 0 bridgehead atoms. The molecule has 0 aromatic heterocycles. The number of alkyl halides is 1. The molecule has 1 N–H and O–H groups in total. The van der Waals surface area contributed by atoms with Gasteiger partial charge in [-0.25, -0.2) is 0 Å². The van der Waals surface area contributed by atoms with Crippen molar-refractivity contribution in [3.63, 3.8) is 0 Å². The first-order valence-corrected chi connectivity index (χ1v) is 6.98. The lowest BCUT2D eigenvalue weighted by molar-refractivity contribution is -0.118. The van der Waals surface area contributed by atoms with Gasteiger partial charge in [-0.2, -0.15) is 0 Å². The van der Waals surface area contributed by atoms with Crippen molar-refractivity contribution in [3.05, 3.63) is 0 Å². The number of nitrogens with one attached hydrogen (secondary N) is 1. The van der Waals surface area contributed by atoms with Crippen LogP contribution in [0.15, 0.2) is 0 Å². The molecule has 5 heteroatoms. The Labute approximate surface area is 106 Å². The Balaban J connectivity index is 1.98. The van der Waals surface area contributed by atoms with Gasteiger partial charge in [0.1, 0.15) is 0 Å². The Hall–Kier alpha value is 0.120. The standard InChI is InChI=1S/C10H20IN3O/c1-13-5-7-14(8-6-13)4-2-3-12-10(15)9-11/h2-9H2,1H3,(H,12,15). The average molecular weight is 325 g/mol. The molecule has 0 aliphatic carbocycles. The molecule has 1 aliphatic rings. The molecule has 1 heterocycles. The molecular formula is C10H20IN3O. The molecule has 88 valence electrons. The first kappa shape index (κ1) is 13.2. The van der Waals surface area contributed by atoms with Crippen LogP contribution >= 0.6 is 22.6 Å². The van der Waals surface area contributed by atoms with Crippen molar-refractivity contribution in [3.8, 4) is 0 Å². The fourth-order valence-electron chi connectivity index (χ4n) is 1.65. The number of nitrogens with zero attached hydrogens (tertiary/aromatic N) is 2. The Morgan fingerprint density at radius 2 is 2.00 bits per heavy atom. The summed E-state index contributed by atoms with van der Waals surface area (Å²) in [5, 5.41) is 2.90. The van der Waals surface area contributed by atoms with E-state index in [1.165, 1.54) is 13.1 Å². The van der Waals surface area contributed by atoms with Gasteiger partial charge in [0.25, 0.3) is 0 Å². The minimum atomic E-state index is 0.147. The molecule has 0 spiro atoms. The predicted molar refractivity (Wildman–Crippen MR) is 70.5 cm³/mol. The fraction of sp³-hybridized carbons (Fsp3) is 0.900. The van der Waals surface area contributed by atoms with Crippen LogP contribution in [0.3, 0.4) is 0 Å². The van der Waals surface area contributed by atoms with Crippen LogP contribution in [0.1, 0.15) is 6.42 Å². The highest BCUT2D eigenvalue weighted by atomic mass is 127. The molecular weight excluding hydrogens is 305 g/mol. The molecule has 1 aliphatic heterocycles. The van der Waals surface area contributed by atoms with Crippen LogP contribution in [0.5, 0.6) is 0 Å². The maximum Gasteiger partial charge on any atom is 0.229 e. The highest BCUT2D eigenvalue weighted by molar-refractivity contribution is 14.1. The summed E-state index contributed by atoms with van der Waals surface area (Å²) in [6, 6.07) is 0. The second-order valence-electron chi connectivity index (χ2n) is 3.98. The lowest BCUT2D eigenvalue weighted by Gasteiger charge is -2.32. The normalized spacial score (nSPS) is 19.1. The summed E-state index contributed by atoms with van der Waals surface area (Å²) in [6.45, 7) is 6.58. The SMILES string of the molecule is CN1CCN(CCCNC(=O)CI)CC1. The second kappa shape index (κ2) is 7.40. The third-order valence-electron chi connectivity index (χ3n) is 2.69. The largest absolute Gasteiger partial charge is 0.355 e. The summed E-state index contributed by atoms with van der Waals surface area (Å²) in [6.07, 6.45) is 1.06. The molecule has 0 aromatic carbocycles. The number of carbonyl (C=O) groups excluding carboxylic acids is 1. The van der Waals surface area contributed by atoms with Crippen LogP contribution in [0.4, 0.5) is 0 Å². The van der Waals surface area contributed by atoms with E-state index in [9.17, 15) is 4.79 Å². The van der Waals surface area contributed by atoms with E-state index in [2.05, 4.69) is 44.8 Å². The van der Waals surface area contributed by atoms with Crippen molar-refractivity contribution in [2.75, 3.05) is 50.7 Å². The van der Waals surface area contributed by atoms with Gasteiger partial charge in [-0.1, -0.05) is 22.6 Å². The van der Waals surface area contributed by atoms with Crippen LogP contribution < -0.4 is 5.32 Å². The number of piperazine rings is 1. The van der Waals surface area contributed by atoms with Crippen molar-refractivity contribution in [1.82, 2.24) is 15.1 Å². The van der Waals surface area contributed by atoms with Gasteiger partial charge in [0, 0.05) is 32.7 Å². The average Bonchev–Trinajstić information content (AvgIpc) is 2.26. The van der Waals surface area contributed by atoms with E-state index in [0.29, 0.717) is 4.43 Å². The molecule has 0 radical (unpaired) electrons. The number of rotatable bonds is 5. The van der Waals surface area contributed by atoms with Gasteiger partial charge >= 0.3 is 0 Å². The molecule has 1 rings (SSSR count). The van der Waals surface area contributed by atoms with Gasteiger partial charge in [-0.05, 0) is 20.0 Å². The van der Waals surface area contributed by atoms with Crippen LogP contribution in [-0.4, -0.2) is 66.5 Å². The third-order valence-corrected chi connectivity index (χ3v) is 3.38. The number of amides is 1. The molecule has 1 saturated heterocycles. The van der Waals surface area contributed by atoms with E-state index in [1.54, 1.807) is 0 Å². The first-order valence-electron chi connectivity index (χ1n) is 5.46. The summed E-state index contributed by atoms with van der Waals surface area (Å²) >= 11 is 2.08. The summed E-state index contributed by atoms with van der Waals surface area (Å²) in [5.41, 5.74) is 0. The molecule has 0 unspecified atom stereocenters. The fourth-order valence-corrected chi connectivity index (χ4v) is 1.92. The summed E-state index contributed by atoms with van der Waals surface area (Å²) in [7, 11) is 2.16. The van der Waals surface area contributed by atoms with Crippen molar-refractivity contribution in [1.29, 1.82) is 0 Å². The highest BCUT2D eigenvalue weighted by Gasteiger charge is 2.12. The quantitative estimate of drug-likeness (QED) is 0.445. The van der Waals surface area contributed by atoms with Crippen molar-refractivity contribution in [2.24, 2.45) is 0 Å². The number of likely N-dealkylation sites (N-methyl/N-ethyl adjacent to an activating group) is 1. The van der Waals surface area contributed by atoms with E-state index in [-0.39, 0.29) is 5.91 Å². The first-order chi connectivity index (χ1) is 7.22. The van der Waals surface area contributed by atoms with Crippen molar-refractivity contribution < 1.29 is 4.79 Å². The maximum absolute atomic E-state index is 11.0. The van der Waals surface area contributed by atoms with Crippen molar-refractivity contribution >= 4 is 28.5 Å². The summed E-state index contributed by atoms with van der Waals surface area (Å²) in [5.74, 6) is 0.147. The second-order valence-corrected chi connectivity index (χ2v) is 4.74. The Kier molecular flexibility index (Phi) is 6.51. The Morgan fingerprint density at radius 1 is 1.33 bits per heavy atom. The van der Waals surface area contributed by atoms with E-state index in [0.717, 1.165) is 32.6 Å². The number of halogens is 1. The highest BCUT2D eigenvalue weighted by Crippen LogP contribution is 1.99. The van der Waals surface area contributed by atoms with Gasteiger partial charge in [-0.15, -0.1) is 0 Å². The molecule has 0 saturated carbocycles. The molecule has 0 atom stereocenters. The maximum atomic E-state index is 11.0. The van der Waals surface area contributed by atoms with Gasteiger partial charge in [0.2, 0.25) is 5.91 Å². The smallest absolute Gasteiger partial charge is 0.229 e. The minimum Gasteiger partial charge on any atom is -0.355 e. The summed E-state index contributed by atoms with van der Waals surface area (Å²) in [4.78, 5) is 15.8. The molecule has 0 aromatic rings. The van der Waals surface area contributed by atoms with E-state index < -0.39 is 0 Å². The number of carbonyl (C=O) groups is 1. The Morgan fingerprint density at radius 3 is 2.60 bits per heavy atom. The van der Waals surface area contributed by atoms with Crippen LogP contribution in [0, 0.1) is 0 Å². The monoisotopic (exact) mass is 325 g/mol. The lowest BCUT2D eigenvalue weighted by atomic mass is 10.3. The van der Waals surface area contributed by atoms with Gasteiger partial charge in [-0.3, -0.25) is 4.79 Å². The predicted octanol–water partition coefficient (Wildman–Crippen LogP) is 0.175. The van der Waals surface area contributed by atoms with Gasteiger partial charge < -0.3 is 15.1 Å². The van der Waals surface area contributed by atoms with Gasteiger partial charge in [0.05, 0.1) is 4.43 Å². The van der Waals surface area contributed by atoms with Crippen LogP contribution in [0.2, 0.25) is 0 Å². The number of hydrogen-bond acceptors (Lipinski definition) is 3. The lowest BCUT2D eigenvalue weighted by Crippen LogP contribution is -2.45. The topological polar surface area (TPSA) is 35.6 Å². The van der Waals surface area contributed by atoms with Crippen LogP contribution in [0.25, 0.3) is 0 Å². The zero-order valence-electron chi connectivity index (χ0n) is 9.34. The van der Waals surface area contributed by atoms with E-state index >= 15 is 0 Å². The summed E-state index contributed by atoms with van der Waals surface area (Å²) < 4.78 is 0.562. The molecule has 1 fully saturated rings. The third kappa shape index (κ3) is 5.67. The van der Waals surface area contributed by atoms with E-state index in [4.69, 9.17) is 0 Å².